The number of methoxy groups -OCH3 is 1. The van der Waals surface area contributed by atoms with Crippen molar-refractivity contribution in [3.8, 4) is 22.7 Å². The molecule has 0 saturated heterocycles. The van der Waals surface area contributed by atoms with Gasteiger partial charge in [0, 0.05) is 5.56 Å². The van der Waals surface area contributed by atoms with E-state index in [1.807, 2.05) is 43.3 Å². The fourth-order valence-electron chi connectivity index (χ4n) is 2.45. The first-order chi connectivity index (χ1) is 11.1. The molecule has 0 radical (unpaired) electrons. The number of carboxylic acid groups (broad SMARTS) is 1. The summed E-state index contributed by atoms with van der Waals surface area (Å²) in [6.07, 6.45) is 0. The van der Waals surface area contributed by atoms with Crippen molar-refractivity contribution in [2.24, 2.45) is 0 Å². The summed E-state index contributed by atoms with van der Waals surface area (Å²) in [6.45, 7) is 1.95. The Balaban J connectivity index is 2.29. The smallest absolute Gasteiger partial charge is 0.358 e. The fraction of sp³-hybridized carbons (Fsp3) is 0.118. The molecule has 0 fully saturated rings. The van der Waals surface area contributed by atoms with Gasteiger partial charge in [0.1, 0.15) is 17.1 Å². The quantitative estimate of drug-likeness (QED) is 0.801. The molecule has 0 atom stereocenters. The molecule has 6 nitrogen and oxygen atoms in total. The Hall–Kier alpha value is -3.15. The van der Waals surface area contributed by atoms with E-state index < -0.39 is 5.97 Å². The van der Waals surface area contributed by atoms with Crippen molar-refractivity contribution in [3.63, 3.8) is 0 Å². The fourth-order valence-corrected chi connectivity index (χ4v) is 2.45. The van der Waals surface area contributed by atoms with Crippen LogP contribution in [-0.2, 0) is 0 Å². The number of para-hydroxylation sites is 2. The molecule has 2 aromatic carbocycles. The second-order valence-electron chi connectivity index (χ2n) is 5.04. The molecule has 0 bridgehead atoms. The van der Waals surface area contributed by atoms with Crippen LogP contribution < -0.4 is 4.74 Å². The van der Waals surface area contributed by atoms with Crippen LogP contribution in [0, 0.1) is 6.92 Å². The molecule has 0 aliphatic carbocycles. The van der Waals surface area contributed by atoms with Gasteiger partial charge in [-0.3, -0.25) is 0 Å². The van der Waals surface area contributed by atoms with Crippen LogP contribution in [0.25, 0.3) is 16.9 Å². The minimum absolute atomic E-state index is 0.0958. The molecule has 0 amide bonds. The number of carboxylic acids is 1. The minimum Gasteiger partial charge on any atom is -0.494 e. The molecule has 0 aliphatic heterocycles. The van der Waals surface area contributed by atoms with Gasteiger partial charge in [0.15, 0.2) is 5.69 Å². The van der Waals surface area contributed by atoms with Crippen LogP contribution in [0.15, 0.2) is 48.5 Å². The van der Waals surface area contributed by atoms with Crippen molar-refractivity contribution in [2.75, 3.05) is 7.11 Å². The second kappa shape index (κ2) is 5.92. The van der Waals surface area contributed by atoms with Gasteiger partial charge in [-0.1, -0.05) is 41.1 Å². The van der Waals surface area contributed by atoms with Gasteiger partial charge < -0.3 is 9.84 Å². The number of hydrogen-bond donors (Lipinski definition) is 1. The molecule has 0 unspecified atom stereocenters. The van der Waals surface area contributed by atoms with Gasteiger partial charge in [-0.05, 0) is 25.1 Å². The van der Waals surface area contributed by atoms with Crippen molar-refractivity contribution < 1.29 is 14.6 Å². The van der Waals surface area contributed by atoms with Crippen LogP contribution >= 0.6 is 0 Å². The van der Waals surface area contributed by atoms with Crippen LogP contribution in [-0.4, -0.2) is 33.2 Å². The molecule has 23 heavy (non-hydrogen) atoms. The number of nitrogens with zero attached hydrogens (tertiary/aromatic N) is 3. The Kier molecular flexibility index (Phi) is 3.80. The van der Waals surface area contributed by atoms with E-state index >= 15 is 0 Å². The highest BCUT2D eigenvalue weighted by Crippen LogP contribution is 2.30. The number of rotatable bonds is 4. The van der Waals surface area contributed by atoms with E-state index in [0.29, 0.717) is 17.1 Å². The lowest BCUT2D eigenvalue weighted by atomic mass is 10.1. The first kappa shape index (κ1) is 14.8. The Morgan fingerprint density at radius 1 is 1.17 bits per heavy atom. The topological polar surface area (TPSA) is 77.2 Å². The van der Waals surface area contributed by atoms with Crippen LogP contribution in [0.3, 0.4) is 0 Å². The van der Waals surface area contributed by atoms with E-state index in [2.05, 4.69) is 10.3 Å². The van der Waals surface area contributed by atoms with E-state index in [9.17, 15) is 9.90 Å². The molecular formula is C17H15N3O3. The SMILES string of the molecule is COc1ccccc1-n1nnc(C(=O)O)c1-c1cccc(C)c1. The predicted molar refractivity (Wildman–Crippen MR) is 85.0 cm³/mol. The van der Waals surface area contributed by atoms with Gasteiger partial charge in [0.25, 0.3) is 0 Å². The van der Waals surface area contributed by atoms with Crippen LogP contribution in [0.5, 0.6) is 5.75 Å². The Morgan fingerprint density at radius 3 is 2.65 bits per heavy atom. The molecule has 3 aromatic rings. The molecule has 0 spiro atoms. The number of hydrogen-bond acceptors (Lipinski definition) is 4. The van der Waals surface area contributed by atoms with Crippen molar-refractivity contribution in [2.45, 2.75) is 6.92 Å². The van der Waals surface area contributed by atoms with Crippen molar-refractivity contribution in [3.05, 3.63) is 59.8 Å². The van der Waals surface area contributed by atoms with E-state index in [0.717, 1.165) is 11.1 Å². The van der Waals surface area contributed by atoms with E-state index in [1.54, 1.807) is 19.2 Å². The Labute approximate surface area is 133 Å². The highest BCUT2D eigenvalue weighted by Gasteiger charge is 2.22. The number of benzene rings is 2. The van der Waals surface area contributed by atoms with Crippen molar-refractivity contribution in [1.82, 2.24) is 15.0 Å². The van der Waals surface area contributed by atoms with Crippen molar-refractivity contribution >= 4 is 5.97 Å². The summed E-state index contributed by atoms with van der Waals surface area (Å²) in [5.41, 5.74) is 2.71. The number of aromatic carboxylic acids is 1. The van der Waals surface area contributed by atoms with E-state index in [1.165, 1.54) is 4.68 Å². The lowest BCUT2D eigenvalue weighted by molar-refractivity contribution is 0.0691. The molecule has 0 saturated carbocycles. The molecule has 1 heterocycles. The normalized spacial score (nSPS) is 10.5. The Morgan fingerprint density at radius 2 is 1.96 bits per heavy atom. The van der Waals surface area contributed by atoms with Crippen LogP contribution in [0.4, 0.5) is 0 Å². The summed E-state index contributed by atoms with van der Waals surface area (Å²) < 4.78 is 6.85. The van der Waals surface area contributed by atoms with E-state index in [-0.39, 0.29) is 5.69 Å². The molecule has 116 valence electrons. The lowest BCUT2D eigenvalue weighted by Crippen LogP contribution is -2.04. The average Bonchev–Trinajstić information content (AvgIpc) is 2.99. The highest BCUT2D eigenvalue weighted by atomic mass is 16.5. The van der Waals surface area contributed by atoms with Gasteiger partial charge in [0.2, 0.25) is 0 Å². The molecule has 6 heteroatoms. The minimum atomic E-state index is -1.12. The first-order valence-corrected chi connectivity index (χ1v) is 7.01. The molecule has 1 N–H and O–H groups in total. The zero-order valence-corrected chi connectivity index (χ0v) is 12.7. The third kappa shape index (κ3) is 2.66. The lowest BCUT2D eigenvalue weighted by Gasteiger charge is -2.11. The maximum absolute atomic E-state index is 11.5. The number of aromatic nitrogens is 3. The van der Waals surface area contributed by atoms with Crippen LogP contribution in [0.2, 0.25) is 0 Å². The molecule has 0 aliphatic rings. The Bertz CT molecular complexity index is 871. The van der Waals surface area contributed by atoms with Gasteiger partial charge in [0.05, 0.1) is 7.11 Å². The summed E-state index contributed by atoms with van der Waals surface area (Å²) in [4.78, 5) is 11.5. The summed E-state index contributed by atoms with van der Waals surface area (Å²) in [5, 5.41) is 17.3. The maximum Gasteiger partial charge on any atom is 0.358 e. The number of aryl methyl sites for hydroxylation is 1. The van der Waals surface area contributed by atoms with Gasteiger partial charge in [-0.15, -0.1) is 5.10 Å². The number of carbonyl (C=O) groups is 1. The van der Waals surface area contributed by atoms with Gasteiger partial charge in [-0.2, -0.15) is 0 Å². The second-order valence-corrected chi connectivity index (χ2v) is 5.04. The standard InChI is InChI=1S/C17H15N3O3/c1-11-6-5-7-12(10-11)16-15(17(21)22)18-19-20(16)13-8-3-4-9-14(13)23-2/h3-10H,1-2H3,(H,21,22). The van der Waals surface area contributed by atoms with Crippen molar-refractivity contribution in [1.29, 1.82) is 0 Å². The molecule has 1 aromatic heterocycles. The monoisotopic (exact) mass is 309 g/mol. The summed E-state index contributed by atoms with van der Waals surface area (Å²) in [5.74, 6) is -0.536. The van der Waals surface area contributed by atoms with Gasteiger partial charge >= 0.3 is 5.97 Å². The summed E-state index contributed by atoms with van der Waals surface area (Å²) in [6, 6.07) is 14.8. The largest absolute Gasteiger partial charge is 0.494 e. The molecular weight excluding hydrogens is 294 g/mol. The molecule has 3 rings (SSSR count). The highest BCUT2D eigenvalue weighted by molar-refractivity contribution is 5.93. The summed E-state index contributed by atoms with van der Waals surface area (Å²) in [7, 11) is 1.56. The number of ether oxygens (including phenoxy) is 1. The van der Waals surface area contributed by atoms with Gasteiger partial charge in [-0.25, -0.2) is 9.48 Å². The predicted octanol–water partition coefficient (Wildman–Crippen LogP) is 2.95. The average molecular weight is 309 g/mol. The third-order valence-electron chi connectivity index (χ3n) is 3.48. The summed E-state index contributed by atoms with van der Waals surface area (Å²) >= 11 is 0. The van der Waals surface area contributed by atoms with Crippen LogP contribution in [0.1, 0.15) is 16.1 Å². The van der Waals surface area contributed by atoms with E-state index in [4.69, 9.17) is 4.74 Å². The third-order valence-corrected chi connectivity index (χ3v) is 3.48. The zero-order chi connectivity index (χ0) is 16.4. The maximum atomic E-state index is 11.5. The zero-order valence-electron chi connectivity index (χ0n) is 12.7. The first-order valence-electron chi connectivity index (χ1n) is 7.01.